The van der Waals surface area contributed by atoms with Gasteiger partial charge in [-0.05, 0) is 20.8 Å². The fourth-order valence-electron chi connectivity index (χ4n) is 2.59. The quantitative estimate of drug-likeness (QED) is 0.623. The standard InChI is InChI=1S/C14H23N5O5/c1-14(2,3)24-13(21)18-6-5-17(8-10(20)9-18)12-11(19(22)23)7-15-16(12)4/h7,10,20H,5-6,8-9H2,1-4H3/t10-/m1/s1. The Bertz CT molecular complexity index is 624. The molecule has 1 atom stereocenters. The van der Waals surface area contributed by atoms with Gasteiger partial charge in [-0.25, -0.2) is 9.48 Å². The topological polar surface area (TPSA) is 114 Å². The fraction of sp³-hybridized carbons (Fsp3) is 0.714. The van der Waals surface area contributed by atoms with Crippen LogP contribution >= 0.6 is 0 Å². The van der Waals surface area contributed by atoms with Crippen LogP contribution in [0.25, 0.3) is 0 Å². The molecule has 0 saturated carbocycles. The molecule has 0 bridgehead atoms. The van der Waals surface area contributed by atoms with E-state index in [0.29, 0.717) is 12.4 Å². The van der Waals surface area contributed by atoms with Crippen molar-refractivity contribution in [2.24, 2.45) is 7.05 Å². The molecule has 24 heavy (non-hydrogen) atoms. The van der Waals surface area contributed by atoms with Gasteiger partial charge in [0.25, 0.3) is 0 Å². The highest BCUT2D eigenvalue weighted by atomic mass is 16.6. The number of carbonyl (C=O) groups is 1. The summed E-state index contributed by atoms with van der Waals surface area (Å²) in [5.41, 5.74) is -0.759. The van der Waals surface area contributed by atoms with Crippen LogP contribution in [0.5, 0.6) is 0 Å². The van der Waals surface area contributed by atoms with Crippen LogP contribution in [-0.4, -0.2) is 68.7 Å². The maximum absolute atomic E-state index is 12.2. The molecule has 10 heteroatoms. The molecular formula is C14H23N5O5. The normalized spacial score (nSPS) is 19.1. The molecule has 0 spiro atoms. The average Bonchev–Trinajstić information content (AvgIpc) is 2.70. The van der Waals surface area contributed by atoms with E-state index >= 15 is 0 Å². The molecule has 1 N–H and O–H groups in total. The van der Waals surface area contributed by atoms with E-state index in [1.807, 2.05) is 0 Å². The molecule has 0 aromatic carbocycles. The first kappa shape index (κ1) is 18.0. The van der Waals surface area contributed by atoms with E-state index in [1.165, 1.54) is 15.8 Å². The first-order valence-corrected chi connectivity index (χ1v) is 7.66. The maximum Gasteiger partial charge on any atom is 0.410 e. The number of amides is 1. The first-order chi connectivity index (χ1) is 11.1. The summed E-state index contributed by atoms with van der Waals surface area (Å²) >= 11 is 0. The van der Waals surface area contributed by atoms with Gasteiger partial charge in [-0.15, -0.1) is 0 Å². The molecule has 1 aliphatic rings. The van der Waals surface area contributed by atoms with E-state index in [4.69, 9.17) is 4.74 Å². The van der Waals surface area contributed by atoms with Gasteiger partial charge in [-0.1, -0.05) is 0 Å². The van der Waals surface area contributed by atoms with Gasteiger partial charge < -0.3 is 19.6 Å². The van der Waals surface area contributed by atoms with Crippen molar-refractivity contribution >= 4 is 17.6 Å². The van der Waals surface area contributed by atoms with E-state index < -0.39 is 22.7 Å². The molecule has 134 valence electrons. The molecule has 1 saturated heterocycles. The van der Waals surface area contributed by atoms with Gasteiger partial charge >= 0.3 is 11.8 Å². The Morgan fingerprint density at radius 3 is 2.67 bits per heavy atom. The lowest BCUT2D eigenvalue weighted by Crippen LogP contribution is -2.41. The number of aromatic nitrogens is 2. The van der Waals surface area contributed by atoms with Gasteiger partial charge in [-0.3, -0.25) is 10.1 Å². The van der Waals surface area contributed by atoms with Crippen molar-refractivity contribution in [1.29, 1.82) is 0 Å². The highest BCUT2D eigenvalue weighted by molar-refractivity contribution is 5.68. The summed E-state index contributed by atoms with van der Waals surface area (Å²) in [6.07, 6.45) is -0.185. The molecule has 1 aromatic rings. The number of anilines is 1. The summed E-state index contributed by atoms with van der Waals surface area (Å²) in [5.74, 6) is 0.310. The minimum absolute atomic E-state index is 0.108. The number of nitro groups is 1. The number of ether oxygens (including phenoxy) is 1. The lowest BCUT2D eigenvalue weighted by atomic mass is 10.2. The van der Waals surface area contributed by atoms with Crippen molar-refractivity contribution in [2.45, 2.75) is 32.5 Å². The number of hydrogen-bond donors (Lipinski definition) is 1. The van der Waals surface area contributed by atoms with Crippen molar-refractivity contribution in [3.63, 3.8) is 0 Å². The van der Waals surface area contributed by atoms with Crippen LogP contribution in [0, 0.1) is 10.1 Å². The Kier molecular flexibility index (Phi) is 4.97. The number of nitrogens with zero attached hydrogens (tertiary/aromatic N) is 5. The van der Waals surface area contributed by atoms with Crippen molar-refractivity contribution in [2.75, 3.05) is 31.1 Å². The maximum atomic E-state index is 12.2. The highest BCUT2D eigenvalue weighted by Gasteiger charge is 2.32. The summed E-state index contributed by atoms with van der Waals surface area (Å²) in [5, 5.41) is 25.3. The summed E-state index contributed by atoms with van der Waals surface area (Å²) in [7, 11) is 1.60. The van der Waals surface area contributed by atoms with Crippen LogP contribution in [0.15, 0.2) is 6.20 Å². The number of rotatable bonds is 2. The molecule has 2 rings (SSSR count). The Morgan fingerprint density at radius 2 is 2.08 bits per heavy atom. The molecule has 1 aliphatic heterocycles. The van der Waals surface area contributed by atoms with Gasteiger partial charge in [0.1, 0.15) is 11.8 Å². The average molecular weight is 341 g/mol. The van der Waals surface area contributed by atoms with Gasteiger partial charge in [0.2, 0.25) is 5.82 Å². The number of carbonyl (C=O) groups excluding carboxylic acids is 1. The minimum Gasteiger partial charge on any atom is -0.444 e. The third-order valence-corrected chi connectivity index (χ3v) is 3.54. The SMILES string of the molecule is Cn1ncc([N+](=O)[O-])c1N1CCN(C(=O)OC(C)(C)C)C[C@H](O)C1. The summed E-state index contributed by atoms with van der Waals surface area (Å²) in [6, 6.07) is 0. The summed E-state index contributed by atoms with van der Waals surface area (Å²) in [4.78, 5) is 25.9. The lowest BCUT2D eigenvalue weighted by molar-refractivity contribution is -0.384. The van der Waals surface area contributed by atoms with E-state index in [2.05, 4.69) is 5.10 Å². The number of hydrogen-bond acceptors (Lipinski definition) is 7. The third kappa shape index (κ3) is 4.13. The van der Waals surface area contributed by atoms with Gasteiger partial charge in [0.05, 0.1) is 17.6 Å². The van der Waals surface area contributed by atoms with Crippen molar-refractivity contribution in [3.05, 3.63) is 16.3 Å². The second-order valence-electron chi connectivity index (χ2n) is 6.76. The number of aryl methyl sites for hydroxylation is 1. The fourth-order valence-corrected chi connectivity index (χ4v) is 2.59. The van der Waals surface area contributed by atoms with Gasteiger partial charge in [0.15, 0.2) is 0 Å². The zero-order chi connectivity index (χ0) is 18.1. The molecule has 0 aliphatic carbocycles. The zero-order valence-corrected chi connectivity index (χ0v) is 14.3. The second-order valence-corrected chi connectivity index (χ2v) is 6.76. The molecular weight excluding hydrogens is 318 g/mol. The van der Waals surface area contributed by atoms with Crippen molar-refractivity contribution in [3.8, 4) is 0 Å². The first-order valence-electron chi connectivity index (χ1n) is 7.66. The molecule has 1 aromatic heterocycles. The number of β-amino-alcohol motifs (C(OH)–C–C–N with tert-alkyl or cyclic N) is 1. The minimum atomic E-state index is -0.852. The van der Waals surface area contributed by atoms with E-state index in [0.717, 1.165) is 0 Å². The molecule has 2 heterocycles. The van der Waals surface area contributed by atoms with Crippen molar-refractivity contribution in [1.82, 2.24) is 14.7 Å². The molecule has 1 amide bonds. The monoisotopic (exact) mass is 341 g/mol. The Labute approximate surface area is 139 Å². The van der Waals surface area contributed by atoms with Crippen molar-refractivity contribution < 1.29 is 19.6 Å². The predicted octanol–water partition coefficient (Wildman–Crippen LogP) is 0.746. The van der Waals surface area contributed by atoms with Crippen LogP contribution in [0.2, 0.25) is 0 Å². The third-order valence-electron chi connectivity index (χ3n) is 3.54. The Morgan fingerprint density at radius 1 is 1.42 bits per heavy atom. The number of aliphatic hydroxyl groups excluding tert-OH is 1. The van der Waals surface area contributed by atoms with Crippen LogP contribution in [0.3, 0.4) is 0 Å². The molecule has 0 radical (unpaired) electrons. The van der Waals surface area contributed by atoms with E-state index in [-0.39, 0.29) is 25.3 Å². The molecule has 0 unspecified atom stereocenters. The Balaban J connectivity index is 2.17. The molecule has 1 fully saturated rings. The second kappa shape index (κ2) is 6.63. The Hall–Kier alpha value is -2.36. The highest BCUT2D eigenvalue weighted by Crippen LogP contribution is 2.28. The largest absolute Gasteiger partial charge is 0.444 e. The predicted molar refractivity (Wildman–Crippen MR) is 85.9 cm³/mol. The van der Waals surface area contributed by atoms with Crippen LogP contribution in [-0.2, 0) is 11.8 Å². The number of aliphatic hydroxyl groups is 1. The molecule has 10 nitrogen and oxygen atoms in total. The van der Waals surface area contributed by atoms with E-state index in [9.17, 15) is 20.0 Å². The lowest BCUT2D eigenvalue weighted by Gasteiger charge is -2.26. The van der Waals surface area contributed by atoms with Crippen LogP contribution in [0.4, 0.5) is 16.3 Å². The zero-order valence-electron chi connectivity index (χ0n) is 14.3. The van der Waals surface area contributed by atoms with E-state index in [1.54, 1.807) is 32.7 Å². The smallest absolute Gasteiger partial charge is 0.410 e. The van der Waals surface area contributed by atoms with Gasteiger partial charge in [0, 0.05) is 26.7 Å². The van der Waals surface area contributed by atoms with Crippen LogP contribution in [0.1, 0.15) is 20.8 Å². The van der Waals surface area contributed by atoms with Crippen LogP contribution < -0.4 is 4.90 Å². The summed E-state index contributed by atoms with van der Waals surface area (Å²) in [6.45, 7) is 6.20. The summed E-state index contributed by atoms with van der Waals surface area (Å²) < 4.78 is 6.72. The van der Waals surface area contributed by atoms with Gasteiger partial charge in [-0.2, -0.15) is 5.10 Å².